The van der Waals surface area contributed by atoms with Gasteiger partial charge in [0.2, 0.25) is 0 Å². The molecule has 84 valence electrons. The van der Waals surface area contributed by atoms with Crippen LogP contribution in [0.4, 0.5) is 0 Å². The lowest BCUT2D eigenvalue weighted by atomic mass is 10.1. The van der Waals surface area contributed by atoms with Crippen molar-refractivity contribution in [3.63, 3.8) is 0 Å². The Kier molecular flexibility index (Phi) is 3.66. The molecule has 1 nitrogen and oxygen atoms in total. The van der Waals surface area contributed by atoms with Gasteiger partial charge in [-0.15, -0.1) is 11.3 Å². The minimum atomic E-state index is 0.857. The van der Waals surface area contributed by atoms with E-state index in [4.69, 9.17) is 0 Å². The molecule has 0 aliphatic rings. The molecule has 2 aromatic rings. The zero-order valence-electron chi connectivity index (χ0n) is 9.53. The molecular formula is C13H15NS2. The van der Waals surface area contributed by atoms with Crippen LogP contribution in [0.5, 0.6) is 0 Å². The molecule has 0 aliphatic heterocycles. The molecule has 0 aliphatic carbocycles. The van der Waals surface area contributed by atoms with E-state index in [9.17, 15) is 0 Å². The van der Waals surface area contributed by atoms with Crippen LogP contribution >= 0.6 is 24.0 Å². The second-order valence-corrected chi connectivity index (χ2v) is 5.24. The molecular weight excluding hydrogens is 234 g/mol. The van der Waals surface area contributed by atoms with Crippen LogP contribution in [0, 0.1) is 13.8 Å². The molecule has 0 unspecified atom stereocenters. The van der Waals surface area contributed by atoms with Crippen LogP contribution in [0.2, 0.25) is 0 Å². The average molecular weight is 249 g/mol. The number of benzene rings is 1. The lowest BCUT2D eigenvalue weighted by molar-refractivity contribution is 1.08. The van der Waals surface area contributed by atoms with Crippen molar-refractivity contribution in [2.75, 3.05) is 5.75 Å². The molecule has 16 heavy (non-hydrogen) atoms. The Hall–Kier alpha value is -0.800. The maximum Gasteiger partial charge on any atom is 0.123 e. The lowest BCUT2D eigenvalue weighted by Gasteiger charge is -2.03. The summed E-state index contributed by atoms with van der Waals surface area (Å²) in [5, 5.41) is 3.26. The van der Waals surface area contributed by atoms with Gasteiger partial charge in [0.25, 0.3) is 0 Å². The van der Waals surface area contributed by atoms with Crippen molar-refractivity contribution >= 4 is 24.0 Å². The molecule has 1 aromatic carbocycles. The first-order valence-corrected chi connectivity index (χ1v) is 6.85. The van der Waals surface area contributed by atoms with E-state index in [0.29, 0.717) is 0 Å². The van der Waals surface area contributed by atoms with E-state index >= 15 is 0 Å². The van der Waals surface area contributed by atoms with Crippen LogP contribution in [-0.2, 0) is 6.42 Å². The van der Waals surface area contributed by atoms with Gasteiger partial charge in [0.15, 0.2) is 0 Å². The fraction of sp³-hybridized carbons (Fsp3) is 0.308. The first kappa shape index (κ1) is 11.7. The minimum Gasteiger partial charge on any atom is -0.241 e. The van der Waals surface area contributed by atoms with Crippen LogP contribution in [0.1, 0.15) is 16.8 Å². The van der Waals surface area contributed by atoms with Crippen LogP contribution < -0.4 is 0 Å². The molecule has 3 heteroatoms. The maximum absolute atomic E-state index is 4.64. The zero-order valence-corrected chi connectivity index (χ0v) is 11.2. The van der Waals surface area contributed by atoms with Crippen LogP contribution in [-0.4, -0.2) is 10.7 Å². The number of nitrogens with zero attached hydrogens (tertiary/aromatic N) is 1. The summed E-state index contributed by atoms with van der Waals surface area (Å²) in [5.74, 6) is 0.857. The maximum atomic E-state index is 4.64. The molecule has 1 heterocycles. The first-order valence-electron chi connectivity index (χ1n) is 5.33. The molecule has 0 radical (unpaired) electrons. The quantitative estimate of drug-likeness (QED) is 0.814. The summed E-state index contributed by atoms with van der Waals surface area (Å²) < 4.78 is 0. The van der Waals surface area contributed by atoms with E-state index in [1.165, 1.54) is 16.7 Å². The van der Waals surface area contributed by atoms with E-state index in [1.54, 1.807) is 11.3 Å². The Bertz CT molecular complexity index is 488. The van der Waals surface area contributed by atoms with Crippen LogP contribution in [0.3, 0.4) is 0 Å². The molecule has 0 bridgehead atoms. The molecule has 2 rings (SSSR count). The fourth-order valence-corrected chi connectivity index (χ4v) is 2.79. The topological polar surface area (TPSA) is 12.9 Å². The second kappa shape index (κ2) is 5.02. The number of aromatic nitrogens is 1. The van der Waals surface area contributed by atoms with Gasteiger partial charge in [-0.1, -0.05) is 17.7 Å². The molecule has 0 spiro atoms. The van der Waals surface area contributed by atoms with E-state index in [2.05, 4.69) is 55.0 Å². The zero-order chi connectivity index (χ0) is 11.5. The van der Waals surface area contributed by atoms with Gasteiger partial charge in [0.1, 0.15) is 5.01 Å². The van der Waals surface area contributed by atoms with Crippen molar-refractivity contribution in [1.82, 2.24) is 4.98 Å². The molecule has 0 fully saturated rings. The molecule has 0 saturated carbocycles. The van der Waals surface area contributed by atoms with Crippen molar-refractivity contribution < 1.29 is 0 Å². The first-order chi connectivity index (χ1) is 7.70. The molecule has 0 N–H and O–H groups in total. The lowest BCUT2D eigenvalue weighted by Crippen LogP contribution is -1.88. The summed E-state index contributed by atoms with van der Waals surface area (Å²) in [6.45, 7) is 4.25. The Morgan fingerprint density at radius 2 is 2.12 bits per heavy atom. The van der Waals surface area contributed by atoms with Crippen molar-refractivity contribution in [2.45, 2.75) is 20.3 Å². The summed E-state index contributed by atoms with van der Waals surface area (Å²) in [4.78, 5) is 4.64. The van der Waals surface area contributed by atoms with E-state index in [1.807, 2.05) is 0 Å². The average Bonchev–Trinajstić information content (AvgIpc) is 2.71. The predicted octanol–water partition coefficient (Wildman–Crippen LogP) is 3.90. The number of rotatable bonds is 3. The van der Waals surface area contributed by atoms with E-state index < -0.39 is 0 Å². The summed E-state index contributed by atoms with van der Waals surface area (Å²) in [7, 11) is 0. The van der Waals surface area contributed by atoms with Gasteiger partial charge in [-0.2, -0.15) is 12.6 Å². The summed E-state index contributed by atoms with van der Waals surface area (Å²) in [6, 6.07) is 6.50. The molecule has 0 saturated heterocycles. The molecule has 0 atom stereocenters. The highest BCUT2D eigenvalue weighted by atomic mass is 32.1. The highest BCUT2D eigenvalue weighted by Crippen LogP contribution is 2.27. The van der Waals surface area contributed by atoms with E-state index in [-0.39, 0.29) is 0 Å². The van der Waals surface area contributed by atoms with E-state index in [0.717, 1.165) is 22.9 Å². The molecule has 0 amide bonds. The highest BCUT2D eigenvalue weighted by Gasteiger charge is 2.07. The van der Waals surface area contributed by atoms with Crippen LogP contribution in [0.15, 0.2) is 23.6 Å². The smallest absolute Gasteiger partial charge is 0.123 e. The molecule has 1 aromatic heterocycles. The largest absolute Gasteiger partial charge is 0.241 e. The fourth-order valence-electron chi connectivity index (χ4n) is 1.63. The number of thiazole rings is 1. The highest BCUT2D eigenvalue weighted by molar-refractivity contribution is 7.80. The third-order valence-corrected chi connectivity index (χ3v) is 3.69. The normalized spacial score (nSPS) is 10.7. The third-order valence-electron chi connectivity index (χ3n) is 2.54. The van der Waals surface area contributed by atoms with Crippen molar-refractivity contribution in [1.29, 1.82) is 0 Å². The Balaban J connectivity index is 2.38. The van der Waals surface area contributed by atoms with Gasteiger partial charge in [-0.25, -0.2) is 4.98 Å². The Morgan fingerprint density at radius 3 is 2.88 bits per heavy atom. The van der Waals surface area contributed by atoms with Gasteiger partial charge in [-0.05, 0) is 37.7 Å². The summed E-state index contributed by atoms with van der Waals surface area (Å²) >= 11 is 5.95. The van der Waals surface area contributed by atoms with Gasteiger partial charge in [-0.3, -0.25) is 0 Å². The SMILES string of the molecule is Cc1ccc(C)c(-c2nc(CCS)cs2)c1. The summed E-state index contributed by atoms with van der Waals surface area (Å²) in [6.07, 6.45) is 0.949. The monoisotopic (exact) mass is 249 g/mol. The Labute approximate surface area is 106 Å². The van der Waals surface area contributed by atoms with Gasteiger partial charge in [0.05, 0.1) is 5.69 Å². The number of hydrogen-bond acceptors (Lipinski definition) is 3. The van der Waals surface area contributed by atoms with Gasteiger partial charge in [0, 0.05) is 10.9 Å². The second-order valence-electron chi connectivity index (χ2n) is 3.94. The number of hydrogen-bond donors (Lipinski definition) is 1. The summed E-state index contributed by atoms with van der Waals surface area (Å²) in [5.41, 5.74) is 4.98. The number of thiol groups is 1. The number of aryl methyl sites for hydroxylation is 3. The van der Waals surface area contributed by atoms with Crippen molar-refractivity contribution in [2.24, 2.45) is 0 Å². The van der Waals surface area contributed by atoms with Gasteiger partial charge >= 0.3 is 0 Å². The van der Waals surface area contributed by atoms with Gasteiger partial charge < -0.3 is 0 Å². The minimum absolute atomic E-state index is 0.857. The third kappa shape index (κ3) is 2.47. The van der Waals surface area contributed by atoms with Crippen LogP contribution in [0.25, 0.3) is 10.6 Å². The van der Waals surface area contributed by atoms with Crippen molar-refractivity contribution in [3.05, 3.63) is 40.4 Å². The standard InChI is InChI=1S/C13H15NS2/c1-9-3-4-10(2)12(7-9)13-14-11(5-6-15)8-16-13/h3-4,7-8,15H,5-6H2,1-2H3. The predicted molar refractivity (Wildman–Crippen MR) is 74.6 cm³/mol. The van der Waals surface area contributed by atoms with Crippen molar-refractivity contribution in [3.8, 4) is 10.6 Å². The Morgan fingerprint density at radius 1 is 1.31 bits per heavy atom.